The molecule has 1 N–H and O–H groups in total. The number of nitrogens with zero attached hydrogens (tertiary/aromatic N) is 2. The summed E-state index contributed by atoms with van der Waals surface area (Å²) in [7, 11) is 0. The molecule has 5 rings (SSSR count). The highest BCUT2D eigenvalue weighted by atomic mass is 16.5. The third-order valence-corrected chi connectivity index (χ3v) is 5.90. The molecule has 2 unspecified atom stereocenters. The molecular formula is C25H22N2O6. The molecule has 0 bridgehead atoms. The molecule has 8 heteroatoms. The highest BCUT2D eigenvalue weighted by Crippen LogP contribution is 2.44. The fourth-order valence-corrected chi connectivity index (χ4v) is 4.41. The minimum Gasteiger partial charge on any atom is -0.507 e. The lowest BCUT2D eigenvalue weighted by Gasteiger charge is -2.27. The smallest absolute Gasteiger partial charge is 0.342 e. The van der Waals surface area contributed by atoms with Crippen molar-refractivity contribution in [2.45, 2.75) is 25.3 Å². The third-order valence-electron chi connectivity index (χ3n) is 5.90. The molecule has 3 heterocycles. The SMILES string of the molecule is O=C(OCC(=O)N1N=C2C(=Cc3ccco3)CCCC2C1c1ccco1)c1ccccc1O. The first-order valence-corrected chi connectivity index (χ1v) is 10.8. The predicted octanol–water partition coefficient (Wildman–Crippen LogP) is 4.56. The zero-order valence-electron chi connectivity index (χ0n) is 17.7. The highest BCUT2D eigenvalue weighted by molar-refractivity contribution is 6.08. The van der Waals surface area contributed by atoms with E-state index in [-0.39, 0.29) is 17.2 Å². The van der Waals surface area contributed by atoms with Crippen molar-refractivity contribution >= 4 is 23.7 Å². The first-order chi connectivity index (χ1) is 16.1. The Bertz CT molecular complexity index is 1210. The van der Waals surface area contributed by atoms with Crippen molar-refractivity contribution in [2.75, 3.05) is 6.61 Å². The second-order valence-corrected chi connectivity index (χ2v) is 7.96. The number of phenols is 1. The summed E-state index contributed by atoms with van der Waals surface area (Å²) in [5.41, 5.74) is 1.83. The minimum absolute atomic E-state index is 0.00189. The molecule has 0 spiro atoms. The van der Waals surface area contributed by atoms with Crippen molar-refractivity contribution in [1.29, 1.82) is 0 Å². The topological polar surface area (TPSA) is 105 Å². The number of esters is 1. The van der Waals surface area contributed by atoms with Crippen LogP contribution in [-0.4, -0.2) is 34.3 Å². The summed E-state index contributed by atoms with van der Waals surface area (Å²) in [5, 5.41) is 15.9. The molecule has 8 nitrogen and oxygen atoms in total. The summed E-state index contributed by atoms with van der Waals surface area (Å²) in [4.78, 5) is 25.5. The molecule has 1 aliphatic heterocycles. The van der Waals surface area contributed by atoms with Gasteiger partial charge in [0.2, 0.25) is 0 Å². The van der Waals surface area contributed by atoms with Gasteiger partial charge in [-0.1, -0.05) is 12.1 Å². The standard InChI is InChI=1S/C25H22N2O6/c28-20-10-2-1-8-18(20)25(30)33-15-22(29)27-24(21-11-5-13-32-21)19-9-3-6-16(23(19)26-27)14-17-7-4-12-31-17/h1-2,4-5,7-8,10-14,19,24,28H,3,6,9,15H2. The molecule has 2 aromatic heterocycles. The molecule has 1 amide bonds. The Morgan fingerprint density at radius 3 is 2.70 bits per heavy atom. The van der Waals surface area contributed by atoms with E-state index in [2.05, 4.69) is 5.10 Å². The van der Waals surface area contributed by atoms with Gasteiger partial charge in [-0.05, 0) is 67.3 Å². The summed E-state index contributed by atoms with van der Waals surface area (Å²) in [5.74, 6) is -0.145. The number of ether oxygens (including phenoxy) is 1. The maximum atomic E-state index is 13.1. The molecule has 1 saturated carbocycles. The second kappa shape index (κ2) is 8.82. The van der Waals surface area contributed by atoms with Crippen molar-refractivity contribution in [2.24, 2.45) is 11.0 Å². The van der Waals surface area contributed by atoms with Crippen LogP contribution in [0.4, 0.5) is 0 Å². The first-order valence-electron chi connectivity index (χ1n) is 10.8. The van der Waals surface area contributed by atoms with Crippen molar-refractivity contribution in [3.05, 3.63) is 83.7 Å². The molecule has 1 aliphatic carbocycles. The van der Waals surface area contributed by atoms with E-state index < -0.39 is 24.5 Å². The molecule has 2 aliphatic rings. The van der Waals surface area contributed by atoms with Gasteiger partial charge in [-0.15, -0.1) is 0 Å². The molecular weight excluding hydrogens is 424 g/mol. The molecule has 1 aromatic carbocycles. The Kier molecular flexibility index (Phi) is 5.56. The van der Waals surface area contributed by atoms with Gasteiger partial charge in [-0.2, -0.15) is 5.10 Å². The van der Waals surface area contributed by atoms with E-state index in [1.807, 2.05) is 24.3 Å². The van der Waals surface area contributed by atoms with Gasteiger partial charge in [0.15, 0.2) is 6.61 Å². The summed E-state index contributed by atoms with van der Waals surface area (Å²) in [6.45, 7) is -0.509. The number of furan rings is 2. The van der Waals surface area contributed by atoms with Crippen LogP contribution < -0.4 is 0 Å². The number of benzene rings is 1. The van der Waals surface area contributed by atoms with Gasteiger partial charge in [0.1, 0.15) is 28.9 Å². The molecule has 168 valence electrons. The monoisotopic (exact) mass is 446 g/mol. The Balaban J connectivity index is 1.40. The number of carbonyl (C=O) groups excluding carboxylic acids is 2. The number of allylic oxidation sites excluding steroid dienone is 1. The number of amides is 1. The van der Waals surface area contributed by atoms with Crippen molar-refractivity contribution < 1.29 is 28.3 Å². The van der Waals surface area contributed by atoms with Gasteiger partial charge in [-0.25, -0.2) is 9.80 Å². The average molecular weight is 446 g/mol. The van der Waals surface area contributed by atoms with E-state index in [9.17, 15) is 14.7 Å². The average Bonchev–Trinajstić information content (AvgIpc) is 3.58. The van der Waals surface area contributed by atoms with Gasteiger partial charge in [-0.3, -0.25) is 4.79 Å². The lowest BCUT2D eigenvalue weighted by Crippen LogP contribution is -2.34. The summed E-state index contributed by atoms with van der Waals surface area (Å²) in [6, 6.07) is 12.9. The van der Waals surface area contributed by atoms with Crippen LogP contribution in [0.3, 0.4) is 0 Å². The number of carbonyl (C=O) groups is 2. The Labute approximate surface area is 189 Å². The molecule has 1 fully saturated rings. The van der Waals surface area contributed by atoms with E-state index in [4.69, 9.17) is 13.6 Å². The van der Waals surface area contributed by atoms with Crippen LogP contribution in [0.1, 0.15) is 47.2 Å². The number of phenolic OH excluding ortho intramolecular Hbond substituents is 1. The van der Waals surface area contributed by atoms with Crippen LogP contribution in [0, 0.1) is 5.92 Å². The lowest BCUT2D eigenvalue weighted by atomic mass is 9.79. The fourth-order valence-electron chi connectivity index (χ4n) is 4.41. The molecule has 0 radical (unpaired) electrons. The number of fused-ring (bicyclic) bond motifs is 1. The highest BCUT2D eigenvalue weighted by Gasteiger charge is 2.45. The van der Waals surface area contributed by atoms with Crippen LogP contribution in [0.5, 0.6) is 5.75 Å². The van der Waals surface area contributed by atoms with E-state index in [1.54, 1.807) is 30.7 Å². The number of hydrogen-bond acceptors (Lipinski definition) is 7. The number of hydrazone groups is 1. The predicted molar refractivity (Wildman–Crippen MR) is 118 cm³/mol. The molecule has 33 heavy (non-hydrogen) atoms. The van der Waals surface area contributed by atoms with Crippen LogP contribution in [0.15, 0.2) is 80.6 Å². The second-order valence-electron chi connectivity index (χ2n) is 7.96. The maximum Gasteiger partial charge on any atom is 0.342 e. The first kappa shape index (κ1) is 20.8. The molecule has 3 aromatic rings. The molecule has 2 atom stereocenters. The normalized spacial score (nSPS) is 21.0. The summed E-state index contributed by atoms with van der Waals surface area (Å²) < 4.78 is 16.3. The Morgan fingerprint density at radius 2 is 1.94 bits per heavy atom. The van der Waals surface area contributed by atoms with Gasteiger partial charge in [0.25, 0.3) is 5.91 Å². The summed E-state index contributed by atoms with van der Waals surface area (Å²) >= 11 is 0. The number of rotatable bonds is 5. The van der Waals surface area contributed by atoms with Crippen LogP contribution in [-0.2, 0) is 9.53 Å². The zero-order chi connectivity index (χ0) is 22.8. The van der Waals surface area contributed by atoms with E-state index >= 15 is 0 Å². The number of aromatic hydroxyl groups is 1. The third kappa shape index (κ3) is 4.07. The maximum absolute atomic E-state index is 13.1. The summed E-state index contributed by atoms with van der Waals surface area (Å²) in [6.07, 6.45) is 7.75. The van der Waals surface area contributed by atoms with Crippen LogP contribution >= 0.6 is 0 Å². The largest absolute Gasteiger partial charge is 0.507 e. The van der Waals surface area contributed by atoms with Crippen LogP contribution in [0.25, 0.3) is 6.08 Å². The van der Waals surface area contributed by atoms with Gasteiger partial charge in [0, 0.05) is 5.92 Å². The fraction of sp³-hybridized carbons (Fsp3) is 0.240. The van der Waals surface area contributed by atoms with Crippen molar-refractivity contribution in [3.8, 4) is 5.75 Å². The Morgan fingerprint density at radius 1 is 1.12 bits per heavy atom. The van der Waals surface area contributed by atoms with Gasteiger partial charge >= 0.3 is 5.97 Å². The van der Waals surface area contributed by atoms with E-state index in [0.717, 1.165) is 36.3 Å². The number of hydrogen-bond donors (Lipinski definition) is 1. The number of para-hydroxylation sites is 1. The van der Waals surface area contributed by atoms with Gasteiger partial charge in [0.05, 0.1) is 18.2 Å². The van der Waals surface area contributed by atoms with Crippen LogP contribution in [0.2, 0.25) is 0 Å². The van der Waals surface area contributed by atoms with E-state index in [0.29, 0.717) is 5.76 Å². The van der Waals surface area contributed by atoms with Gasteiger partial charge < -0.3 is 18.7 Å². The van der Waals surface area contributed by atoms with E-state index in [1.165, 1.54) is 17.1 Å². The molecule has 0 saturated heterocycles. The Hall–Kier alpha value is -4.07. The quantitative estimate of drug-likeness (QED) is 0.576. The lowest BCUT2D eigenvalue weighted by molar-refractivity contribution is -0.137. The van der Waals surface area contributed by atoms with Crippen molar-refractivity contribution in [1.82, 2.24) is 5.01 Å². The van der Waals surface area contributed by atoms with Crippen molar-refractivity contribution in [3.63, 3.8) is 0 Å². The zero-order valence-corrected chi connectivity index (χ0v) is 17.7. The minimum atomic E-state index is -0.779.